The van der Waals surface area contributed by atoms with Crippen molar-refractivity contribution in [3.05, 3.63) is 77.8 Å². The summed E-state index contributed by atoms with van der Waals surface area (Å²) in [6, 6.07) is 14.4. The van der Waals surface area contributed by atoms with E-state index in [0.29, 0.717) is 0 Å². The molecule has 5 rings (SSSR count). The molecule has 0 atom stereocenters. The Bertz CT molecular complexity index is 1300. The van der Waals surface area contributed by atoms with Gasteiger partial charge in [0.15, 0.2) is 0 Å². The molecule has 5 aromatic rings. The van der Waals surface area contributed by atoms with E-state index in [4.69, 9.17) is 4.98 Å². The number of hydrogen-bond donors (Lipinski definition) is 0. The summed E-state index contributed by atoms with van der Waals surface area (Å²) in [5.74, 6) is 0.842. The van der Waals surface area contributed by atoms with Crippen molar-refractivity contribution in [2.45, 2.75) is 26.7 Å². The maximum atomic E-state index is 4.94. The first-order chi connectivity index (χ1) is 13.2. The van der Waals surface area contributed by atoms with E-state index < -0.39 is 0 Å². The maximum absolute atomic E-state index is 4.94. The standard InChI is InChI=1S/C22H19N5/c1-14-21-19(8-5-12-23-21)25-20(24-14)10-9-18-15(2)27-13-11-16-6-3-4-7-17(16)22(27)26-18/h3-8,11-13H,9-10H2,1-2H3. The normalized spacial score (nSPS) is 11.6. The molecule has 0 aliphatic carbocycles. The molecule has 4 aromatic heterocycles. The van der Waals surface area contributed by atoms with Crippen molar-refractivity contribution >= 4 is 27.5 Å². The molecular formula is C22H19N5. The molecule has 132 valence electrons. The number of hydrogen-bond acceptors (Lipinski definition) is 4. The van der Waals surface area contributed by atoms with Crippen LogP contribution in [0.5, 0.6) is 0 Å². The molecule has 0 saturated carbocycles. The number of rotatable bonds is 3. The fourth-order valence-corrected chi connectivity index (χ4v) is 3.69. The number of pyridine rings is 2. The highest BCUT2D eigenvalue weighted by Gasteiger charge is 2.12. The largest absolute Gasteiger partial charge is 0.304 e. The van der Waals surface area contributed by atoms with Crippen molar-refractivity contribution in [3.63, 3.8) is 0 Å². The van der Waals surface area contributed by atoms with Crippen molar-refractivity contribution in [1.82, 2.24) is 24.3 Å². The summed E-state index contributed by atoms with van der Waals surface area (Å²) >= 11 is 0. The summed E-state index contributed by atoms with van der Waals surface area (Å²) in [7, 11) is 0. The highest BCUT2D eigenvalue weighted by molar-refractivity contribution is 5.94. The molecule has 0 amide bonds. The second-order valence-corrected chi connectivity index (χ2v) is 6.84. The van der Waals surface area contributed by atoms with E-state index in [1.165, 1.54) is 16.5 Å². The monoisotopic (exact) mass is 353 g/mol. The zero-order valence-corrected chi connectivity index (χ0v) is 15.3. The number of aromatic nitrogens is 5. The summed E-state index contributed by atoms with van der Waals surface area (Å²) in [6.07, 6.45) is 5.45. The van der Waals surface area contributed by atoms with Crippen molar-refractivity contribution in [3.8, 4) is 0 Å². The highest BCUT2D eigenvalue weighted by atomic mass is 15.0. The predicted octanol–water partition coefficient (Wildman–Crippen LogP) is 4.23. The quantitative estimate of drug-likeness (QED) is 0.487. The fraction of sp³-hybridized carbons (Fsp3) is 0.182. The number of benzene rings is 1. The van der Waals surface area contributed by atoms with Gasteiger partial charge < -0.3 is 4.40 Å². The summed E-state index contributed by atoms with van der Waals surface area (Å²) in [6.45, 7) is 4.11. The third kappa shape index (κ3) is 2.63. The van der Waals surface area contributed by atoms with E-state index in [9.17, 15) is 0 Å². The topological polar surface area (TPSA) is 56.0 Å². The molecule has 0 saturated heterocycles. The first kappa shape index (κ1) is 15.9. The lowest BCUT2D eigenvalue weighted by Gasteiger charge is -2.04. The molecule has 4 heterocycles. The Morgan fingerprint density at radius 1 is 0.889 bits per heavy atom. The zero-order valence-electron chi connectivity index (χ0n) is 15.3. The van der Waals surface area contributed by atoms with Crippen molar-refractivity contribution < 1.29 is 0 Å². The molecule has 0 radical (unpaired) electrons. The first-order valence-corrected chi connectivity index (χ1v) is 9.14. The Morgan fingerprint density at radius 3 is 2.70 bits per heavy atom. The van der Waals surface area contributed by atoms with Gasteiger partial charge in [0, 0.05) is 29.9 Å². The number of nitrogens with zero attached hydrogens (tertiary/aromatic N) is 5. The van der Waals surface area contributed by atoms with Crippen LogP contribution in [0.2, 0.25) is 0 Å². The smallest absolute Gasteiger partial charge is 0.145 e. The average molecular weight is 353 g/mol. The lowest BCUT2D eigenvalue weighted by Crippen LogP contribution is -2.02. The predicted molar refractivity (Wildman–Crippen MR) is 107 cm³/mol. The van der Waals surface area contributed by atoms with Gasteiger partial charge in [0.25, 0.3) is 0 Å². The third-order valence-electron chi connectivity index (χ3n) is 5.11. The zero-order chi connectivity index (χ0) is 18.4. The van der Waals surface area contributed by atoms with Crippen LogP contribution >= 0.6 is 0 Å². The molecule has 0 aliphatic heterocycles. The Kier molecular flexibility index (Phi) is 3.60. The van der Waals surface area contributed by atoms with Gasteiger partial charge in [-0.2, -0.15) is 0 Å². The minimum Gasteiger partial charge on any atom is -0.304 e. The lowest BCUT2D eigenvalue weighted by atomic mass is 10.2. The Labute approximate surface area is 156 Å². The number of imidazole rings is 1. The Hall–Kier alpha value is -3.34. The van der Waals surface area contributed by atoms with E-state index in [-0.39, 0.29) is 0 Å². The van der Waals surface area contributed by atoms with Gasteiger partial charge in [-0.05, 0) is 43.9 Å². The van der Waals surface area contributed by atoms with Crippen LogP contribution in [0.1, 0.15) is 22.9 Å². The molecule has 0 bridgehead atoms. The minimum atomic E-state index is 0.758. The van der Waals surface area contributed by atoms with Crippen molar-refractivity contribution in [2.24, 2.45) is 0 Å². The van der Waals surface area contributed by atoms with Gasteiger partial charge in [-0.1, -0.05) is 24.3 Å². The molecule has 0 N–H and O–H groups in total. The van der Waals surface area contributed by atoms with Gasteiger partial charge in [0.1, 0.15) is 17.0 Å². The van der Waals surface area contributed by atoms with Crippen LogP contribution in [-0.2, 0) is 12.8 Å². The highest BCUT2D eigenvalue weighted by Crippen LogP contribution is 2.22. The van der Waals surface area contributed by atoms with E-state index in [0.717, 1.165) is 46.7 Å². The SMILES string of the molecule is Cc1nc(CCc2nc3c4ccccc4ccn3c2C)nc2cccnc12. The van der Waals surface area contributed by atoms with Gasteiger partial charge in [0.05, 0.1) is 16.9 Å². The van der Waals surface area contributed by atoms with Crippen LogP contribution in [0.15, 0.2) is 54.9 Å². The molecule has 0 aliphatic rings. The molecule has 5 nitrogen and oxygen atoms in total. The summed E-state index contributed by atoms with van der Waals surface area (Å²) in [5, 5.41) is 2.39. The van der Waals surface area contributed by atoms with Gasteiger partial charge in [-0.25, -0.2) is 15.0 Å². The first-order valence-electron chi connectivity index (χ1n) is 9.14. The average Bonchev–Trinajstić information content (AvgIpc) is 3.03. The third-order valence-corrected chi connectivity index (χ3v) is 5.11. The molecular weight excluding hydrogens is 334 g/mol. The second kappa shape index (κ2) is 6.13. The van der Waals surface area contributed by atoms with Gasteiger partial charge >= 0.3 is 0 Å². The summed E-state index contributed by atoms with van der Waals surface area (Å²) < 4.78 is 2.17. The summed E-state index contributed by atoms with van der Waals surface area (Å²) in [4.78, 5) is 18.6. The van der Waals surface area contributed by atoms with Crippen molar-refractivity contribution in [1.29, 1.82) is 0 Å². The van der Waals surface area contributed by atoms with E-state index in [2.05, 4.69) is 62.8 Å². The molecule has 1 aromatic carbocycles. The van der Waals surface area contributed by atoms with Crippen LogP contribution in [0.4, 0.5) is 0 Å². The number of fused-ring (bicyclic) bond motifs is 4. The lowest BCUT2D eigenvalue weighted by molar-refractivity contribution is 0.835. The molecule has 27 heavy (non-hydrogen) atoms. The Morgan fingerprint density at radius 2 is 1.78 bits per heavy atom. The van der Waals surface area contributed by atoms with Crippen LogP contribution < -0.4 is 0 Å². The van der Waals surface area contributed by atoms with Gasteiger partial charge in [-0.15, -0.1) is 0 Å². The van der Waals surface area contributed by atoms with Crippen LogP contribution in [-0.4, -0.2) is 24.3 Å². The van der Waals surface area contributed by atoms with E-state index in [1.807, 2.05) is 19.1 Å². The van der Waals surface area contributed by atoms with Crippen LogP contribution in [0.25, 0.3) is 27.5 Å². The van der Waals surface area contributed by atoms with Gasteiger partial charge in [-0.3, -0.25) is 4.98 Å². The van der Waals surface area contributed by atoms with E-state index >= 15 is 0 Å². The van der Waals surface area contributed by atoms with Crippen molar-refractivity contribution in [2.75, 3.05) is 0 Å². The molecule has 0 fully saturated rings. The van der Waals surface area contributed by atoms with Crippen LogP contribution in [0, 0.1) is 13.8 Å². The molecule has 5 heteroatoms. The maximum Gasteiger partial charge on any atom is 0.145 e. The minimum absolute atomic E-state index is 0.758. The number of aryl methyl sites for hydroxylation is 4. The molecule has 0 unspecified atom stereocenters. The summed E-state index contributed by atoms with van der Waals surface area (Å²) in [5.41, 5.74) is 5.98. The second-order valence-electron chi connectivity index (χ2n) is 6.84. The molecule has 0 spiro atoms. The Balaban J connectivity index is 1.52. The van der Waals surface area contributed by atoms with E-state index in [1.54, 1.807) is 6.20 Å². The van der Waals surface area contributed by atoms with Crippen LogP contribution in [0.3, 0.4) is 0 Å². The fourth-order valence-electron chi connectivity index (χ4n) is 3.69. The van der Waals surface area contributed by atoms with Gasteiger partial charge in [0.2, 0.25) is 0 Å².